The second-order valence-electron chi connectivity index (χ2n) is 10.7. The van der Waals surface area contributed by atoms with E-state index in [1.165, 1.54) is 26.0 Å². The summed E-state index contributed by atoms with van der Waals surface area (Å²) >= 11 is 0.844. The van der Waals surface area contributed by atoms with Gasteiger partial charge >= 0.3 is 12.5 Å². The van der Waals surface area contributed by atoms with Crippen molar-refractivity contribution in [3.8, 4) is 0 Å². The quantitative estimate of drug-likeness (QED) is 0.164. The molecular weight excluding hydrogens is 645 g/mol. The standard InChI is InChI=1S/C27H32N7O10PS/c1-14-3-5-15(6-4-14)11-46-45(39,43-21-17(10-35)41-25(22(21)40-2)33-8-7-18(37)32-27(33)38)44-26-16(36)9-19(42-26)34-13-31-20-23(28)29-12-30-24(20)34/h3-8,12-13,16-17,19,21-22,25-26,35-36H,9-11H2,1-2H3,(H2,28,29,30)(H,32,37,38)/t16?,17-,19-,21?,22+,25-,26-,45?/m1/s1. The molecule has 19 heteroatoms. The summed E-state index contributed by atoms with van der Waals surface area (Å²) in [7, 11) is 1.33. The van der Waals surface area contributed by atoms with Crippen molar-refractivity contribution in [3.05, 3.63) is 81.1 Å². The maximum atomic E-state index is 14.6. The number of aliphatic hydroxyl groups excluding tert-OH is 2. The number of rotatable bonds is 11. The number of aromatic nitrogens is 6. The first-order valence-electron chi connectivity index (χ1n) is 14.1. The van der Waals surface area contributed by atoms with E-state index < -0.39 is 67.8 Å². The van der Waals surface area contributed by atoms with Gasteiger partial charge in [0.05, 0.1) is 12.9 Å². The van der Waals surface area contributed by atoms with Crippen LogP contribution in [0.4, 0.5) is 5.82 Å². The summed E-state index contributed by atoms with van der Waals surface area (Å²) in [6, 6.07) is 8.68. The molecule has 246 valence electrons. The molecule has 0 aliphatic carbocycles. The lowest BCUT2D eigenvalue weighted by Crippen LogP contribution is -2.40. The fraction of sp³-hybridized carbons (Fsp3) is 0.444. The third-order valence-corrected chi connectivity index (χ3v) is 11.2. The number of ether oxygens (including phenoxy) is 3. The minimum Gasteiger partial charge on any atom is -0.394 e. The van der Waals surface area contributed by atoms with Crippen molar-refractivity contribution in [2.24, 2.45) is 0 Å². The average Bonchev–Trinajstić information content (AvgIpc) is 3.72. The zero-order valence-electron chi connectivity index (χ0n) is 24.6. The number of imidazole rings is 1. The van der Waals surface area contributed by atoms with Gasteiger partial charge < -0.3 is 30.2 Å². The molecule has 5 N–H and O–H groups in total. The van der Waals surface area contributed by atoms with Gasteiger partial charge in [0.25, 0.3) is 5.56 Å². The van der Waals surface area contributed by atoms with Crippen LogP contribution in [0.25, 0.3) is 11.2 Å². The van der Waals surface area contributed by atoms with Gasteiger partial charge in [-0.25, -0.2) is 24.3 Å². The SMILES string of the molecule is CO[C@H]1C(OP(=O)(O[C@H]2O[C@@H](n3cnc4c(N)ncnc43)CC2O)SCc2ccc(C)cc2)[C@@H](CO)O[C@H]1n1ccc(=O)[nH]c1=O. The number of nitrogens with zero attached hydrogens (tertiary/aromatic N) is 5. The van der Waals surface area contributed by atoms with Gasteiger partial charge in [-0.15, -0.1) is 0 Å². The van der Waals surface area contributed by atoms with E-state index in [4.69, 9.17) is 29.0 Å². The lowest BCUT2D eigenvalue weighted by atomic mass is 10.1. The fourth-order valence-corrected chi connectivity index (χ4v) is 8.77. The molecule has 4 aromatic rings. The van der Waals surface area contributed by atoms with Crippen molar-refractivity contribution in [2.45, 2.75) is 62.3 Å². The van der Waals surface area contributed by atoms with Gasteiger partial charge in [0.15, 0.2) is 24.0 Å². The Morgan fingerprint density at radius 2 is 1.89 bits per heavy atom. The highest BCUT2D eigenvalue weighted by molar-refractivity contribution is 8.54. The normalized spacial score (nSPS) is 27.7. The van der Waals surface area contributed by atoms with E-state index >= 15 is 0 Å². The van der Waals surface area contributed by atoms with Crippen LogP contribution in [0.15, 0.2) is 58.8 Å². The van der Waals surface area contributed by atoms with Gasteiger partial charge in [-0.1, -0.05) is 29.8 Å². The molecule has 0 bridgehead atoms. The molecule has 0 radical (unpaired) electrons. The highest BCUT2D eigenvalue weighted by atomic mass is 32.7. The largest absolute Gasteiger partial charge is 0.394 e. The maximum Gasteiger partial charge on any atom is 0.392 e. The second-order valence-corrected chi connectivity index (χ2v) is 14.7. The van der Waals surface area contributed by atoms with Crippen LogP contribution >= 0.6 is 18.2 Å². The fourth-order valence-electron chi connectivity index (χ4n) is 5.26. The summed E-state index contributed by atoms with van der Waals surface area (Å²) in [4.78, 5) is 38.7. The Bertz CT molecular complexity index is 1850. The van der Waals surface area contributed by atoms with E-state index in [2.05, 4.69) is 19.9 Å². The number of hydrogen-bond donors (Lipinski definition) is 4. The van der Waals surface area contributed by atoms with Gasteiger partial charge in [0.2, 0.25) is 0 Å². The monoisotopic (exact) mass is 677 g/mol. The topological polar surface area (TPSA) is 228 Å². The summed E-state index contributed by atoms with van der Waals surface area (Å²) in [5, 5.41) is 21.2. The number of aliphatic hydroxyl groups is 2. The smallest absolute Gasteiger partial charge is 0.392 e. The number of aryl methyl sites for hydroxylation is 1. The Morgan fingerprint density at radius 3 is 2.61 bits per heavy atom. The van der Waals surface area contributed by atoms with Crippen LogP contribution in [0.3, 0.4) is 0 Å². The van der Waals surface area contributed by atoms with E-state index in [0.717, 1.165) is 33.1 Å². The molecule has 2 aliphatic rings. The molecule has 0 saturated carbocycles. The van der Waals surface area contributed by atoms with Gasteiger partial charge in [-0.3, -0.25) is 28.0 Å². The molecule has 0 spiro atoms. The highest BCUT2D eigenvalue weighted by Crippen LogP contribution is 2.65. The van der Waals surface area contributed by atoms with Gasteiger partial charge in [-0.05, 0) is 23.9 Å². The van der Waals surface area contributed by atoms with Crippen LogP contribution in [-0.2, 0) is 33.6 Å². The number of nitrogens with one attached hydrogen (secondary N) is 1. The maximum absolute atomic E-state index is 14.6. The Hall–Kier alpha value is -3.45. The lowest BCUT2D eigenvalue weighted by Gasteiger charge is -2.29. The van der Waals surface area contributed by atoms with E-state index in [0.29, 0.717) is 11.2 Å². The predicted octanol–water partition coefficient (Wildman–Crippen LogP) is 1.22. The number of nitrogens with two attached hydrogens (primary N) is 1. The first-order valence-corrected chi connectivity index (χ1v) is 17.3. The van der Waals surface area contributed by atoms with Gasteiger partial charge in [0, 0.05) is 31.5 Å². The van der Waals surface area contributed by atoms with E-state index in [-0.39, 0.29) is 18.0 Å². The first kappa shape index (κ1) is 32.5. The molecular formula is C27H32N7O10PS. The van der Waals surface area contributed by atoms with Crippen LogP contribution in [0.2, 0.25) is 0 Å². The summed E-state index contributed by atoms with van der Waals surface area (Å²) < 4.78 is 46.9. The van der Waals surface area contributed by atoms with E-state index in [1.807, 2.05) is 31.2 Å². The molecule has 46 heavy (non-hydrogen) atoms. The zero-order chi connectivity index (χ0) is 32.6. The molecule has 2 aliphatic heterocycles. The number of nitrogen functional groups attached to an aromatic ring is 1. The van der Waals surface area contributed by atoms with Crippen molar-refractivity contribution in [1.29, 1.82) is 0 Å². The van der Waals surface area contributed by atoms with Crippen LogP contribution < -0.4 is 17.0 Å². The summed E-state index contributed by atoms with van der Waals surface area (Å²) in [5.41, 5.74) is 7.10. The Kier molecular flexibility index (Phi) is 9.43. The summed E-state index contributed by atoms with van der Waals surface area (Å²) in [6.45, 7) is -2.94. The minimum atomic E-state index is -4.29. The molecule has 5 heterocycles. The Balaban J connectivity index is 1.27. The summed E-state index contributed by atoms with van der Waals surface area (Å²) in [6.07, 6.45) is -4.05. The highest BCUT2D eigenvalue weighted by Gasteiger charge is 2.52. The van der Waals surface area contributed by atoms with Crippen molar-refractivity contribution in [1.82, 2.24) is 29.1 Å². The molecule has 2 saturated heterocycles. The molecule has 6 rings (SSSR count). The predicted molar refractivity (Wildman–Crippen MR) is 163 cm³/mol. The first-order chi connectivity index (χ1) is 22.1. The van der Waals surface area contributed by atoms with Crippen LogP contribution in [-0.4, -0.2) is 83.7 Å². The number of anilines is 1. The van der Waals surface area contributed by atoms with Crippen LogP contribution in [0.5, 0.6) is 0 Å². The number of methoxy groups -OCH3 is 1. The number of aromatic amines is 1. The van der Waals surface area contributed by atoms with Crippen molar-refractivity contribution >= 4 is 35.2 Å². The van der Waals surface area contributed by atoms with Crippen molar-refractivity contribution in [2.75, 3.05) is 19.5 Å². The zero-order valence-corrected chi connectivity index (χ0v) is 26.3. The van der Waals surface area contributed by atoms with Gasteiger partial charge in [-0.2, -0.15) is 0 Å². The van der Waals surface area contributed by atoms with Crippen molar-refractivity contribution in [3.63, 3.8) is 0 Å². The molecule has 8 atom stereocenters. The Morgan fingerprint density at radius 1 is 1.11 bits per heavy atom. The number of hydrogen-bond acceptors (Lipinski definition) is 15. The molecule has 0 amide bonds. The van der Waals surface area contributed by atoms with E-state index in [9.17, 15) is 24.4 Å². The third-order valence-electron chi connectivity index (χ3n) is 7.60. The van der Waals surface area contributed by atoms with Gasteiger partial charge in [0.1, 0.15) is 42.5 Å². The van der Waals surface area contributed by atoms with E-state index in [1.54, 1.807) is 4.57 Å². The molecule has 2 fully saturated rings. The second kappa shape index (κ2) is 13.3. The third kappa shape index (κ3) is 6.53. The number of benzene rings is 1. The molecule has 3 aromatic heterocycles. The molecule has 1 aromatic carbocycles. The lowest BCUT2D eigenvalue weighted by molar-refractivity contribution is -0.131. The average molecular weight is 678 g/mol. The molecule has 17 nitrogen and oxygen atoms in total. The summed E-state index contributed by atoms with van der Waals surface area (Å²) in [5.74, 6) is 0.358. The van der Waals surface area contributed by atoms with Crippen LogP contribution in [0, 0.1) is 6.92 Å². The van der Waals surface area contributed by atoms with Crippen molar-refractivity contribution < 1.29 is 38.0 Å². The van der Waals surface area contributed by atoms with Crippen LogP contribution in [0.1, 0.15) is 30.0 Å². The minimum absolute atomic E-state index is 0.0341. The number of H-pyrrole nitrogens is 1. The molecule has 3 unspecified atom stereocenters. The number of fused-ring (bicyclic) bond motifs is 1. The Labute approximate surface area is 264 Å².